The maximum atomic E-state index is 12.5. The molecule has 20 heavy (non-hydrogen) atoms. The lowest BCUT2D eigenvalue weighted by molar-refractivity contribution is 0.0789. The highest BCUT2D eigenvalue weighted by molar-refractivity contribution is 5.96. The molecule has 1 unspecified atom stereocenters. The second-order valence-corrected chi connectivity index (χ2v) is 4.82. The minimum atomic E-state index is 0. The molecule has 1 amide bonds. The van der Waals surface area contributed by atoms with E-state index in [4.69, 9.17) is 15.2 Å². The summed E-state index contributed by atoms with van der Waals surface area (Å²) in [5.74, 6) is 1.21. The quantitative estimate of drug-likeness (QED) is 0.921. The molecule has 0 saturated carbocycles. The molecule has 1 aliphatic heterocycles. The van der Waals surface area contributed by atoms with Gasteiger partial charge in [-0.2, -0.15) is 0 Å². The van der Waals surface area contributed by atoms with E-state index in [1.807, 2.05) is 13.0 Å². The molecule has 2 rings (SSSR count). The number of rotatable bonds is 3. The molecule has 6 heteroatoms. The molecule has 0 aromatic heterocycles. The highest BCUT2D eigenvalue weighted by Crippen LogP contribution is 2.31. The van der Waals surface area contributed by atoms with Crippen molar-refractivity contribution in [1.29, 1.82) is 0 Å². The number of nitrogens with zero attached hydrogens (tertiary/aromatic N) is 1. The third kappa shape index (κ3) is 3.16. The van der Waals surface area contributed by atoms with Crippen molar-refractivity contribution >= 4 is 18.3 Å². The molecule has 1 aromatic rings. The number of aryl methyl sites for hydroxylation is 1. The van der Waals surface area contributed by atoms with E-state index in [-0.39, 0.29) is 24.4 Å². The summed E-state index contributed by atoms with van der Waals surface area (Å²) in [6.07, 6.45) is 0.859. The zero-order valence-corrected chi connectivity index (χ0v) is 12.8. The van der Waals surface area contributed by atoms with Crippen LogP contribution in [0.4, 0.5) is 0 Å². The second-order valence-electron chi connectivity index (χ2n) is 4.82. The van der Waals surface area contributed by atoms with Crippen LogP contribution in [0, 0.1) is 6.92 Å². The number of hydrogen-bond donors (Lipinski definition) is 1. The summed E-state index contributed by atoms with van der Waals surface area (Å²) in [5, 5.41) is 0. The van der Waals surface area contributed by atoms with Crippen LogP contribution in [0.2, 0.25) is 0 Å². The summed E-state index contributed by atoms with van der Waals surface area (Å²) in [6.45, 7) is 3.23. The molecule has 1 aliphatic rings. The van der Waals surface area contributed by atoms with Crippen LogP contribution >= 0.6 is 12.4 Å². The lowest BCUT2D eigenvalue weighted by Crippen LogP contribution is -2.32. The molecular weight excluding hydrogens is 280 g/mol. The van der Waals surface area contributed by atoms with Gasteiger partial charge in [-0.05, 0) is 31.0 Å². The minimum Gasteiger partial charge on any atom is -0.493 e. The third-order valence-electron chi connectivity index (χ3n) is 3.47. The van der Waals surface area contributed by atoms with E-state index >= 15 is 0 Å². The molecule has 0 bridgehead atoms. The highest BCUT2D eigenvalue weighted by Gasteiger charge is 2.26. The molecule has 0 spiro atoms. The van der Waals surface area contributed by atoms with Gasteiger partial charge in [-0.15, -0.1) is 12.4 Å². The normalized spacial score (nSPS) is 17.6. The van der Waals surface area contributed by atoms with Crippen LogP contribution in [0.25, 0.3) is 0 Å². The van der Waals surface area contributed by atoms with Crippen molar-refractivity contribution in [3.05, 3.63) is 23.3 Å². The smallest absolute Gasteiger partial charge is 0.254 e. The summed E-state index contributed by atoms with van der Waals surface area (Å²) in [6, 6.07) is 3.65. The Balaban J connectivity index is 0.00000200. The lowest BCUT2D eigenvalue weighted by atomic mass is 10.1. The maximum absolute atomic E-state index is 12.5. The molecule has 0 aliphatic carbocycles. The monoisotopic (exact) mass is 300 g/mol. The predicted octanol–water partition coefficient (Wildman–Crippen LogP) is 1.61. The summed E-state index contributed by atoms with van der Waals surface area (Å²) in [7, 11) is 3.14. The first-order chi connectivity index (χ1) is 9.06. The third-order valence-corrected chi connectivity index (χ3v) is 3.47. The number of ether oxygens (including phenoxy) is 2. The van der Waals surface area contributed by atoms with Gasteiger partial charge in [0.25, 0.3) is 5.91 Å². The molecule has 1 heterocycles. The molecule has 112 valence electrons. The van der Waals surface area contributed by atoms with E-state index in [0.29, 0.717) is 30.2 Å². The number of halogens is 1. The summed E-state index contributed by atoms with van der Waals surface area (Å²) in [5.41, 5.74) is 7.37. The van der Waals surface area contributed by atoms with Crippen molar-refractivity contribution in [2.45, 2.75) is 19.4 Å². The van der Waals surface area contributed by atoms with E-state index in [0.717, 1.165) is 12.0 Å². The first kappa shape index (κ1) is 16.6. The van der Waals surface area contributed by atoms with E-state index in [1.165, 1.54) is 0 Å². The zero-order valence-electron chi connectivity index (χ0n) is 12.0. The average molecular weight is 301 g/mol. The summed E-state index contributed by atoms with van der Waals surface area (Å²) < 4.78 is 10.5. The van der Waals surface area contributed by atoms with Gasteiger partial charge in [-0.1, -0.05) is 0 Å². The van der Waals surface area contributed by atoms with Crippen molar-refractivity contribution in [3.63, 3.8) is 0 Å². The standard InChI is InChI=1S/C14H20N2O3.ClH/c1-9-6-12(18-2)13(19-3)7-11(9)14(17)16-5-4-10(15)8-16;/h6-7,10H,4-5,8,15H2,1-3H3;1H. The molecular formula is C14H21ClN2O3. The molecule has 5 nitrogen and oxygen atoms in total. The van der Waals surface area contributed by atoms with Gasteiger partial charge in [0, 0.05) is 24.7 Å². The summed E-state index contributed by atoms with van der Waals surface area (Å²) in [4.78, 5) is 14.2. The molecule has 1 saturated heterocycles. The Morgan fingerprint density at radius 3 is 2.40 bits per heavy atom. The average Bonchev–Trinajstić information content (AvgIpc) is 2.84. The lowest BCUT2D eigenvalue weighted by Gasteiger charge is -2.18. The van der Waals surface area contributed by atoms with Gasteiger partial charge >= 0.3 is 0 Å². The van der Waals surface area contributed by atoms with Crippen LogP contribution < -0.4 is 15.2 Å². The number of likely N-dealkylation sites (tertiary alicyclic amines) is 1. The van der Waals surface area contributed by atoms with E-state index in [1.54, 1.807) is 25.2 Å². The van der Waals surface area contributed by atoms with Crippen LogP contribution in [-0.4, -0.2) is 44.2 Å². The molecule has 1 atom stereocenters. The van der Waals surface area contributed by atoms with Gasteiger partial charge < -0.3 is 20.1 Å². The minimum absolute atomic E-state index is 0. The van der Waals surface area contributed by atoms with Crippen LogP contribution in [-0.2, 0) is 0 Å². The second kappa shape index (κ2) is 6.81. The topological polar surface area (TPSA) is 64.8 Å². The Morgan fingerprint density at radius 1 is 1.30 bits per heavy atom. The van der Waals surface area contributed by atoms with Crippen molar-refractivity contribution < 1.29 is 14.3 Å². The van der Waals surface area contributed by atoms with Gasteiger partial charge in [0.1, 0.15) is 0 Å². The Bertz CT molecular complexity index is 494. The number of methoxy groups -OCH3 is 2. The first-order valence-electron chi connectivity index (χ1n) is 6.34. The van der Waals surface area contributed by atoms with Gasteiger partial charge in [-0.3, -0.25) is 4.79 Å². The first-order valence-corrected chi connectivity index (χ1v) is 6.34. The summed E-state index contributed by atoms with van der Waals surface area (Å²) >= 11 is 0. The molecule has 1 fully saturated rings. The Morgan fingerprint density at radius 2 is 1.90 bits per heavy atom. The number of benzene rings is 1. The Kier molecular flexibility index (Phi) is 5.65. The molecule has 1 aromatic carbocycles. The van der Waals surface area contributed by atoms with Gasteiger partial charge in [-0.25, -0.2) is 0 Å². The SMILES string of the molecule is COc1cc(C)c(C(=O)N2CCC(N)C2)cc1OC.Cl. The number of hydrogen-bond acceptors (Lipinski definition) is 4. The predicted molar refractivity (Wildman–Crippen MR) is 80.0 cm³/mol. The largest absolute Gasteiger partial charge is 0.493 e. The van der Waals surface area contributed by atoms with Gasteiger partial charge in [0.15, 0.2) is 11.5 Å². The highest BCUT2D eigenvalue weighted by atomic mass is 35.5. The fourth-order valence-electron chi connectivity index (χ4n) is 2.35. The van der Waals surface area contributed by atoms with E-state index < -0.39 is 0 Å². The number of amides is 1. The number of carbonyl (C=O) groups is 1. The van der Waals surface area contributed by atoms with Crippen LogP contribution in [0.1, 0.15) is 22.3 Å². The van der Waals surface area contributed by atoms with E-state index in [2.05, 4.69) is 0 Å². The molecule has 2 N–H and O–H groups in total. The molecule has 0 radical (unpaired) electrons. The van der Waals surface area contributed by atoms with Crippen LogP contribution in [0.3, 0.4) is 0 Å². The van der Waals surface area contributed by atoms with Gasteiger partial charge in [0.2, 0.25) is 0 Å². The Labute approximate surface area is 125 Å². The van der Waals surface area contributed by atoms with Crippen LogP contribution in [0.5, 0.6) is 11.5 Å². The fourth-order valence-corrected chi connectivity index (χ4v) is 2.35. The fraction of sp³-hybridized carbons (Fsp3) is 0.500. The van der Waals surface area contributed by atoms with Crippen LogP contribution in [0.15, 0.2) is 12.1 Å². The number of nitrogens with two attached hydrogens (primary N) is 1. The van der Waals surface area contributed by atoms with E-state index in [9.17, 15) is 4.79 Å². The zero-order chi connectivity index (χ0) is 14.0. The van der Waals surface area contributed by atoms with Crippen molar-refractivity contribution in [2.75, 3.05) is 27.3 Å². The maximum Gasteiger partial charge on any atom is 0.254 e. The van der Waals surface area contributed by atoms with Crippen molar-refractivity contribution in [1.82, 2.24) is 4.90 Å². The van der Waals surface area contributed by atoms with Crippen molar-refractivity contribution in [2.24, 2.45) is 5.73 Å². The van der Waals surface area contributed by atoms with Gasteiger partial charge in [0.05, 0.1) is 14.2 Å². The number of carbonyl (C=O) groups excluding carboxylic acids is 1. The Hall–Kier alpha value is -1.46. The van der Waals surface area contributed by atoms with Crippen molar-refractivity contribution in [3.8, 4) is 11.5 Å².